The number of rotatable bonds is 4. The monoisotopic (exact) mass is 405 g/mol. The van der Waals surface area contributed by atoms with Crippen LogP contribution in [0.1, 0.15) is 18.1 Å². The predicted octanol–water partition coefficient (Wildman–Crippen LogP) is 5.74. The number of benzene rings is 2. The normalized spacial score (nSPS) is 17.1. The van der Waals surface area contributed by atoms with Gasteiger partial charge in [0.05, 0.1) is 10.6 Å². The highest BCUT2D eigenvalue weighted by Crippen LogP contribution is 2.35. The van der Waals surface area contributed by atoms with Crippen LogP contribution in [0.2, 0.25) is 0 Å². The number of carbonyl (C=O) groups excluding carboxylic acids is 1. The lowest BCUT2D eigenvalue weighted by Crippen LogP contribution is -2.28. The maximum atomic E-state index is 12.8. The van der Waals surface area contributed by atoms with Gasteiger partial charge in [0.15, 0.2) is 5.17 Å². The topological polar surface area (TPSA) is 45.6 Å². The Morgan fingerprint density at radius 1 is 1.11 bits per heavy atom. The lowest BCUT2D eigenvalue weighted by Gasteiger charge is -2.11. The van der Waals surface area contributed by atoms with E-state index >= 15 is 0 Å². The maximum absolute atomic E-state index is 12.8. The fourth-order valence-corrected chi connectivity index (χ4v) is 4.62. The highest BCUT2D eigenvalue weighted by Gasteiger charge is 2.32. The number of amidine groups is 1. The van der Waals surface area contributed by atoms with Crippen molar-refractivity contribution in [3.63, 3.8) is 0 Å². The van der Waals surface area contributed by atoms with Crippen LogP contribution >= 0.6 is 23.1 Å². The summed E-state index contributed by atoms with van der Waals surface area (Å²) in [4.78, 5) is 24.4. The zero-order valence-corrected chi connectivity index (χ0v) is 17.3. The average molecular weight is 406 g/mol. The summed E-state index contributed by atoms with van der Waals surface area (Å²) < 4.78 is 0. The molecular weight excluding hydrogens is 386 g/mol. The largest absolute Gasteiger partial charge is 0.287 e. The van der Waals surface area contributed by atoms with Crippen molar-refractivity contribution in [1.82, 2.24) is 9.88 Å². The molecule has 0 N–H and O–H groups in total. The van der Waals surface area contributed by atoms with E-state index in [4.69, 9.17) is 0 Å². The Morgan fingerprint density at radius 2 is 1.86 bits per heavy atom. The Balaban J connectivity index is 1.61. The van der Waals surface area contributed by atoms with Crippen LogP contribution in [0.5, 0.6) is 0 Å². The molecule has 4 rings (SSSR count). The second kappa shape index (κ2) is 8.12. The average Bonchev–Trinajstić information content (AvgIpc) is 3.29. The first-order chi connectivity index (χ1) is 13.6. The lowest BCUT2D eigenvalue weighted by atomic mass is 10.1. The fraction of sp³-hybridized carbons (Fsp3) is 0.136. The molecule has 0 spiro atoms. The molecule has 2 aromatic carbocycles. The van der Waals surface area contributed by atoms with Crippen molar-refractivity contribution in [3.05, 3.63) is 76.0 Å². The summed E-state index contributed by atoms with van der Waals surface area (Å²) in [7, 11) is 0. The van der Waals surface area contributed by atoms with Crippen molar-refractivity contribution in [2.45, 2.75) is 13.8 Å². The Bertz CT molecular complexity index is 1050. The molecule has 0 atom stereocenters. The first-order valence-electron chi connectivity index (χ1n) is 9.02. The fourth-order valence-electron chi connectivity index (χ4n) is 2.82. The molecule has 1 fully saturated rings. The number of thioether (sulfide) groups is 1. The minimum Gasteiger partial charge on any atom is -0.287 e. The highest BCUT2D eigenvalue weighted by atomic mass is 32.2. The molecule has 1 amide bonds. The summed E-state index contributed by atoms with van der Waals surface area (Å²) in [5.74, 6) is -0.00772. The molecule has 0 saturated carbocycles. The maximum Gasteiger partial charge on any atom is 0.266 e. The first kappa shape index (κ1) is 18.7. The molecule has 1 aliphatic heterocycles. The van der Waals surface area contributed by atoms with E-state index in [1.54, 1.807) is 4.90 Å². The summed E-state index contributed by atoms with van der Waals surface area (Å²) in [6.07, 6.45) is 1.93. The number of aryl methyl sites for hydroxylation is 1. The van der Waals surface area contributed by atoms with Gasteiger partial charge in [-0.1, -0.05) is 60.2 Å². The first-order valence-corrected chi connectivity index (χ1v) is 10.7. The van der Waals surface area contributed by atoms with Gasteiger partial charge in [0.1, 0.15) is 0 Å². The molecule has 2 heterocycles. The zero-order chi connectivity index (χ0) is 19.5. The van der Waals surface area contributed by atoms with Crippen LogP contribution in [-0.2, 0) is 4.79 Å². The van der Waals surface area contributed by atoms with E-state index in [-0.39, 0.29) is 5.91 Å². The Labute approximate surface area is 172 Å². The van der Waals surface area contributed by atoms with Crippen LogP contribution in [0, 0.1) is 6.92 Å². The van der Waals surface area contributed by atoms with Gasteiger partial charge in [-0.3, -0.25) is 9.69 Å². The molecule has 140 valence electrons. The highest BCUT2D eigenvalue weighted by molar-refractivity contribution is 8.18. The summed E-state index contributed by atoms with van der Waals surface area (Å²) >= 11 is 2.89. The van der Waals surface area contributed by atoms with Crippen molar-refractivity contribution >= 4 is 45.4 Å². The third-order valence-electron chi connectivity index (χ3n) is 4.33. The van der Waals surface area contributed by atoms with Gasteiger partial charge in [0.2, 0.25) is 5.13 Å². The Hall–Kier alpha value is -2.70. The van der Waals surface area contributed by atoms with Gasteiger partial charge >= 0.3 is 0 Å². The van der Waals surface area contributed by atoms with E-state index in [0.29, 0.717) is 21.7 Å². The molecule has 4 nitrogen and oxygen atoms in total. The summed E-state index contributed by atoms with van der Waals surface area (Å²) in [5.41, 5.74) is 4.17. The Morgan fingerprint density at radius 3 is 2.57 bits per heavy atom. The standard InChI is InChI=1S/C22H19N3OS2/c1-3-25-20(26)19(13-16-11-9-15(2)10-12-16)28-22(25)24-21-23-18(14-27-21)17-7-5-4-6-8-17/h4-14H,3H2,1-2H3/b19-13-,24-22+. The summed E-state index contributed by atoms with van der Waals surface area (Å²) in [5, 5.41) is 3.33. The van der Waals surface area contributed by atoms with E-state index in [0.717, 1.165) is 16.8 Å². The van der Waals surface area contributed by atoms with Crippen LogP contribution in [-0.4, -0.2) is 27.5 Å². The van der Waals surface area contributed by atoms with Crippen molar-refractivity contribution < 1.29 is 4.79 Å². The number of nitrogens with zero attached hydrogens (tertiary/aromatic N) is 3. The third kappa shape index (κ3) is 3.93. The van der Waals surface area contributed by atoms with Crippen molar-refractivity contribution in [3.8, 4) is 11.3 Å². The number of thiazole rings is 1. The molecule has 1 aliphatic rings. The predicted molar refractivity (Wildman–Crippen MR) is 119 cm³/mol. The lowest BCUT2D eigenvalue weighted by molar-refractivity contribution is -0.122. The molecule has 6 heteroatoms. The smallest absolute Gasteiger partial charge is 0.266 e. The zero-order valence-electron chi connectivity index (χ0n) is 15.6. The van der Waals surface area contributed by atoms with Gasteiger partial charge in [-0.05, 0) is 37.2 Å². The molecule has 0 radical (unpaired) electrons. The minimum absolute atomic E-state index is 0.00772. The van der Waals surface area contributed by atoms with Crippen molar-refractivity contribution in [1.29, 1.82) is 0 Å². The number of hydrogen-bond acceptors (Lipinski definition) is 5. The number of carbonyl (C=O) groups is 1. The number of aromatic nitrogens is 1. The van der Waals surface area contributed by atoms with Gasteiger partial charge in [-0.25, -0.2) is 4.98 Å². The second-order valence-corrected chi connectivity index (χ2v) is 8.19. The summed E-state index contributed by atoms with van der Waals surface area (Å²) in [6.45, 7) is 4.58. The van der Waals surface area contributed by atoms with Crippen LogP contribution < -0.4 is 0 Å². The number of likely N-dealkylation sites (N-methyl/N-ethyl adjacent to an activating group) is 1. The van der Waals surface area contributed by atoms with Gasteiger partial charge in [-0.15, -0.1) is 11.3 Å². The number of amides is 1. The molecule has 1 saturated heterocycles. The van der Waals surface area contributed by atoms with E-state index < -0.39 is 0 Å². The van der Waals surface area contributed by atoms with Crippen LogP contribution in [0.4, 0.5) is 5.13 Å². The van der Waals surface area contributed by atoms with Crippen LogP contribution in [0.15, 0.2) is 69.9 Å². The minimum atomic E-state index is -0.00772. The SMILES string of the molecule is CCN1C(=O)/C(=C/c2ccc(C)cc2)S/C1=N/c1nc(-c2ccccc2)cs1. The van der Waals surface area contributed by atoms with E-state index in [2.05, 4.69) is 9.98 Å². The molecule has 0 aliphatic carbocycles. The number of hydrogen-bond donors (Lipinski definition) is 0. The Kier molecular flexibility index (Phi) is 5.41. The summed E-state index contributed by atoms with van der Waals surface area (Å²) in [6, 6.07) is 18.2. The van der Waals surface area contributed by atoms with Gasteiger partial charge < -0.3 is 0 Å². The van der Waals surface area contributed by atoms with Crippen LogP contribution in [0.3, 0.4) is 0 Å². The second-order valence-electron chi connectivity index (χ2n) is 6.35. The van der Waals surface area contributed by atoms with Crippen LogP contribution in [0.25, 0.3) is 17.3 Å². The van der Waals surface area contributed by atoms with Gasteiger partial charge in [-0.2, -0.15) is 4.99 Å². The number of aliphatic imine (C=N–C) groups is 1. The van der Waals surface area contributed by atoms with Crippen molar-refractivity contribution in [2.75, 3.05) is 6.54 Å². The van der Waals surface area contributed by atoms with Gasteiger partial charge in [0.25, 0.3) is 5.91 Å². The van der Waals surface area contributed by atoms with E-state index in [1.807, 2.05) is 79.9 Å². The molecule has 0 bridgehead atoms. The third-order valence-corrected chi connectivity index (χ3v) is 6.07. The quantitative estimate of drug-likeness (QED) is 0.520. The van der Waals surface area contributed by atoms with Gasteiger partial charge in [0, 0.05) is 17.5 Å². The van der Waals surface area contributed by atoms with Crippen molar-refractivity contribution in [2.24, 2.45) is 4.99 Å². The molecule has 0 unspecified atom stereocenters. The molecular formula is C22H19N3OS2. The molecule has 28 heavy (non-hydrogen) atoms. The molecule has 3 aromatic rings. The van der Waals surface area contributed by atoms with E-state index in [1.165, 1.54) is 28.7 Å². The van der Waals surface area contributed by atoms with E-state index in [9.17, 15) is 4.79 Å². The molecule has 1 aromatic heterocycles.